The van der Waals surface area contributed by atoms with Gasteiger partial charge in [-0.3, -0.25) is 9.69 Å². The number of methoxy groups -OCH3 is 2. The number of alkyl halides is 1. The highest BCUT2D eigenvalue weighted by Crippen LogP contribution is 2.29. The van der Waals surface area contributed by atoms with Crippen LogP contribution in [0.3, 0.4) is 0 Å². The van der Waals surface area contributed by atoms with Gasteiger partial charge in [0.25, 0.3) is 0 Å². The first kappa shape index (κ1) is 17.7. The molecule has 0 bridgehead atoms. The van der Waals surface area contributed by atoms with Gasteiger partial charge in [0.05, 0.1) is 12.8 Å². The van der Waals surface area contributed by atoms with Crippen LogP contribution in [-0.2, 0) is 9.53 Å². The number of carbonyl (C=O) groups is 1. The Hall–Kier alpha value is -1.63. The largest absolute Gasteiger partial charge is 0.497 e. The molecule has 0 aliphatic heterocycles. The number of nitrogens with zero attached hydrogens (tertiary/aromatic N) is 2. The third-order valence-corrected chi connectivity index (χ3v) is 4.35. The number of hydrogen-bond acceptors (Lipinski definition) is 5. The number of ether oxygens (including phenoxy) is 2. The fourth-order valence-corrected chi connectivity index (χ4v) is 3.07. The normalized spacial score (nSPS) is 10.6. The van der Waals surface area contributed by atoms with Gasteiger partial charge in [-0.25, -0.2) is 4.98 Å². The lowest BCUT2D eigenvalue weighted by Crippen LogP contribution is -2.33. The van der Waals surface area contributed by atoms with Gasteiger partial charge < -0.3 is 9.47 Å². The number of anilines is 1. The SMILES string of the molecule is COCCCN(C(=O)CCl)c1nc(-c2ccc(OC)cc2)cs1. The molecule has 1 aromatic heterocycles. The topological polar surface area (TPSA) is 51.7 Å². The number of halogens is 1. The average molecular weight is 355 g/mol. The van der Waals surface area contributed by atoms with Crippen LogP contribution < -0.4 is 9.64 Å². The molecule has 23 heavy (non-hydrogen) atoms. The highest BCUT2D eigenvalue weighted by atomic mass is 35.5. The van der Waals surface area contributed by atoms with E-state index in [0.29, 0.717) is 18.3 Å². The minimum atomic E-state index is -0.154. The molecule has 1 aromatic carbocycles. The summed E-state index contributed by atoms with van der Waals surface area (Å²) < 4.78 is 10.2. The lowest BCUT2D eigenvalue weighted by Gasteiger charge is -2.18. The molecule has 0 radical (unpaired) electrons. The van der Waals surface area contributed by atoms with Crippen molar-refractivity contribution < 1.29 is 14.3 Å². The van der Waals surface area contributed by atoms with Crippen molar-refractivity contribution in [1.29, 1.82) is 0 Å². The maximum absolute atomic E-state index is 12.0. The third kappa shape index (κ3) is 4.67. The summed E-state index contributed by atoms with van der Waals surface area (Å²) in [5.74, 6) is 0.575. The van der Waals surface area contributed by atoms with Crippen molar-refractivity contribution in [1.82, 2.24) is 4.98 Å². The maximum Gasteiger partial charge on any atom is 0.243 e. The summed E-state index contributed by atoms with van der Waals surface area (Å²) in [6, 6.07) is 7.65. The molecule has 1 amide bonds. The van der Waals surface area contributed by atoms with E-state index in [1.165, 1.54) is 11.3 Å². The van der Waals surface area contributed by atoms with E-state index >= 15 is 0 Å². The summed E-state index contributed by atoms with van der Waals surface area (Å²) in [4.78, 5) is 18.2. The van der Waals surface area contributed by atoms with Gasteiger partial charge in [0.15, 0.2) is 5.13 Å². The van der Waals surface area contributed by atoms with E-state index in [-0.39, 0.29) is 11.8 Å². The molecule has 124 valence electrons. The summed E-state index contributed by atoms with van der Waals surface area (Å²) in [5.41, 5.74) is 1.80. The predicted molar refractivity (Wildman–Crippen MR) is 93.7 cm³/mol. The van der Waals surface area contributed by atoms with Crippen LogP contribution in [0.15, 0.2) is 29.6 Å². The average Bonchev–Trinajstić information content (AvgIpc) is 3.08. The number of rotatable bonds is 8. The Bertz CT molecular complexity index is 631. The first-order valence-corrected chi connectivity index (χ1v) is 8.56. The monoisotopic (exact) mass is 354 g/mol. The van der Waals surface area contributed by atoms with Gasteiger partial charge in [0, 0.05) is 31.2 Å². The summed E-state index contributed by atoms with van der Waals surface area (Å²) in [6.45, 7) is 1.12. The van der Waals surface area contributed by atoms with E-state index in [2.05, 4.69) is 4.98 Å². The highest BCUT2D eigenvalue weighted by molar-refractivity contribution is 7.14. The Balaban J connectivity index is 2.17. The zero-order valence-electron chi connectivity index (χ0n) is 13.1. The predicted octanol–water partition coefficient (Wildman–Crippen LogP) is 3.43. The van der Waals surface area contributed by atoms with Crippen LogP contribution >= 0.6 is 22.9 Å². The van der Waals surface area contributed by atoms with Gasteiger partial charge >= 0.3 is 0 Å². The van der Waals surface area contributed by atoms with Crippen molar-refractivity contribution in [2.24, 2.45) is 0 Å². The molecular formula is C16H19ClN2O3S. The molecule has 2 aromatic rings. The fourth-order valence-electron chi connectivity index (χ4n) is 2.05. The minimum absolute atomic E-state index is 0.0650. The molecule has 5 nitrogen and oxygen atoms in total. The zero-order chi connectivity index (χ0) is 16.7. The maximum atomic E-state index is 12.0. The Kier molecular flexibility index (Phi) is 6.83. The van der Waals surface area contributed by atoms with Crippen LogP contribution in [0.2, 0.25) is 0 Å². The highest BCUT2D eigenvalue weighted by Gasteiger charge is 2.18. The van der Waals surface area contributed by atoms with Crippen molar-refractivity contribution in [2.75, 3.05) is 38.2 Å². The van der Waals surface area contributed by atoms with E-state index in [1.807, 2.05) is 29.6 Å². The van der Waals surface area contributed by atoms with Crippen LogP contribution in [0.4, 0.5) is 5.13 Å². The van der Waals surface area contributed by atoms with Gasteiger partial charge in [0.1, 0.15) is 11.6 Å². The molecule has 0 aliphatic carbocycles. The Morgan fingerprint density at radius 3 is 2.65 bits per heavy atom. The van der Waals surface area contributed by atoms with E-state index in [1.54, 1.807) is 19.1 Å². The van der Waals surface area contributed by atoms with E-state index in [9.17, 15) is 4.79 Å². The summed E-state index contributed by atoms with van der Waals surface area (Å²) in [7, 11) is 3.27. The number of hydrogen-bond donors (Lipinski definition) is 0. The standard InChI is InChI=1S/C16H19ClN2O3S/c1-21-9-3-8-19(15(20)10-17)16-18-14(11-23-16)12-4-6-13(22-2)7-5-12/h4-7,11H,3,8-10H2,1-2H3. The minimum Gasteiger partial charge on any atom is -0.497 e. The molecule has 0 fully saturated rings. The smallest absolute Gasteiger partial charge is 0.243 e. The summed E-state index contributed by atoms with van der Waals surface area (Å²) in [6.07, 6.45) is 0.733. The molecule has 0 spiro atoms. The van der Waals surface area contributed by atoms with Crippen LogP contribution in [0.25, 0.3) is 11.3 Å². The molecule has 0 saturated carbocycles. The van der Waals surface area contributed by atoms with Crippen molar-refractivity contribution in [3.05, 3.63) is 29.6 Å². The second-order valence-corrected chi connectivity index (χ2v) is 5.87. The quantitative estimate of drug-likeness (QED) is 0.538. The first-order valence-electron chi connectivity index (χ1n) is 7.14. The Morgan fingerprint density at radius 1 is 1.30 bits per heavy atom. The lowest BCUT2D eigenvalue weighted by atomic mass is 10.2. The van der Waals surface area contributed by atoms with Crippen molar-refractivity contribution >= 4 is 34.0 Å². The van der Waals surface area contributed by atoms with Gasteiger partial charge in [0.2, 0.25) is 5.91 Å². The van der Waals surface area contributed by atoms with Crippen LogP contribution in [-0.4, -0.2) is 44.1 Å². The van der Waals surface area contributed by atoms with Crippen LogP contribution in [0.5, 0.6) is 5.75 Å². The van der Waals surface area contributed by atoms with E-state index in [4.69, 9.17) is 21.1 Å². The number of carbonyl (C=O) groups excluding carboxylic acids is 1. The van der Waals surface area contributed by atoms with Gasteiger partial charge in [-0.15, -0.1) is 22.9 Å². The van der Waals surface area contributed by atoms with Crippen molar-refractivity contribution in [3.63, 3.8) is 0 Å². The van der Waals surface area contributed by atoms with Crippen molar-refractivity contribution in [3.8, 4) is 17.0 Å². The van der Waals surface area contributed by atoms with Crippen LogP contribution in [0.1, 0.15) is 6.42 Å². The summed E-state index contributed by atoms with van der Waals surface area (Å²) >= 11 is 7.13. The van der Waals surface area contributed by atoms with Gasteiger partial charge in [-0.1, -0.05) is 0 Å². The molecule has 1 heterocycles. The third-order valence-electron chi connectivity index (χ3n) is 3.25. The number of amides is 1. The fraction of sp³-hybridized carbons (Fsp3) is 0.375. The zero-order valence-corrected chi connectivity index (χ0v) is 14.7. The second kappa shape index (κ2) is 8.86. The van der Waals surface area contributed by atoms with E-state index < -0.39 is 0 Å². The molecule has 7 heteroatoms. The Morgan fingerprint density at radius 2 is 2.04 bits per heavy atom. The van der Waals surface area contributed by atoms with Gasteiger partial charge in [-0.2, -0.15) is 0 Å². The lowest BCUT2D eigenvalue weighted by molar-refractivity contribution is -0.116. The first-order chi connectivity index (χ1) is 11.2. The number of aromatic nitrogens is 1. The van der Waals surface area contributed by atoms with Crippen molar-refractivity contribution in [2.45, 2.75) is 6.42 Å². The van der Waals surface area contributed by atoms with Crippen LogP contribution in [0, 0.1) is 0 Å². The molecule has 0 unspecified atom stereocenters. The molecular weight excluding hydrogens is 336 g/mol. The number of thiazole rings is 1. The summed E-state index contributed by atoms with van der Waals surface area (Å²) in [5, 5.41) is 2.58. The second-order valence-electron chi connectivity index (χ2n) is 4.77. The molecule has 0 atom stereocenters. The van der Waals surface area contributed by atoms with Gasteiger partial charge in [-0.05, 0) is 30.7 Å². The number of benzene rings is 1. The molecule has 0 saturated heterocycles. The van der Waals surface area contributed by atoms with E-state index in [0.717, 1.165) is 23.4 Å². The molecule has 0 N–H and O–H groups in total. The molecule has 0 aliphatic rings. The molecule has 2 rings (SSSR count). The Labute approximate surface area is 144 Å².